The molecule has 0 aliphatic carbocycles. The van der Waals surface area contributed by atoms with Crippen LogP contribution in [0.3, 0.4) is 0 Å². The van der Waals surface area contributed by atoms with Crippen LogP contribution in [0.2, 0.25) is 0 Å². The molecule has 0 bridgehead atoms. The minimum absolute atomic E-state index is 0.0105. The van der Waals surface area contributed by atoms with Crippen molar-refractivity contribution in [2.45, 2.75) is 123 Å². The molecule has 3 saturated heterocycles. The summed E-state index contributed by atoms with van der Waals surface area (Å²) in [5.41, 5.74) is -1.45. The molecular weight excluding hydrogens is 1300 g/mol. The van der Waals surface area contributed by atoms with Crippen LogP contribution in [0.25, 0.3) is 0 Å². The number of aliphatic hydroxyl groups is 12. The Morgan fingerprint density at radius 3 is 0.854 bits per heavy atom. The van der Waals surface area contributed by atoms with Crippen molar-refractivity contribution < 1.29 is 180 Å². The predicted octanol–water partition coefficient (Wildman–Crippen LogP) is -8.83. The minimum atomic E-state index is -1.56. The summed E-state index contributed by atoms with van der Waals surface area (Å²) < 4.78 is 116. The van der Waals surface area contributed by atoms with E-state index < -0.39 is 142 Å². The molecule has 96 heavy (non-hydrogen) atoms. The topological polar surface area (TPSA) is 532 Å². The van der Waals surface area contributed by atoms with Gasteiger partial charge in [-0.2, -0.15) is 0 Å². The number of amides is 2. The maximum Gasteiger partial charge on any atom is 0.303 e. The number of carboxylic acid groups (broad SMARTS) is 1. The number of carboxylic acids is 1. The molecule has 3 aliphatic heterocycles. The Morgan fingerprint density at radius 1 is 0.323 bits per heavy atom. The predicted molar refractivity (Wildman–Crippen MR) is 317 cm³/mol. The van der Waals surface area contributed by atoms with Crippen LogP contribution in [0.5, 0.6) is 0 Å². The summed E-state index contributed by atoms with van der Waals surface area (Å²) >= 11 is 0. The number of aliphatic carboxylic acids is 1. The molecule has 39 nitrogen and oxygen atoms in total. The van der Waals surface area contributed by atoms with Gasteiger partial charge >= 0.3 is 5.97 Å². The summed E-state index contributed by atoms with van der Waals surface area (Å²) in [6.07, 6.45) is -20.3. The van der Waals surface area contributed by atoms with Crippen LogP contribution in [-0.4, -0.2) is 407 Å². The first kappa shape index (κ1) is 87.3. The smallest absolute Gasteiger partial charge is 0.303 e. The standard InChI is InChI=1S/C57H106N2O37/c60-30-39-45(67)48(70)51(73)54(94-39)91-26-23-82-14-11-76-5-8-79-17-20-85-36-88-33-57(59-43(64)29-58-42(63)3-1-2-4-44(65)66,34-89-37-86-21-18-80-9-6-77-12-15-83-24-27-92-55-52(74)49(71)46(68)40(31-61)95-55)35-90-38-87-22-19-81-10-7-78-13-16-84-25-28-93-56-53(75)50(72)47(69)41(32-62)96-56/h39-41,45-56,60-62,67-75H,1-38H2,(H,58,63)(H,59,64)(H,65,66)/t39-,40-,41-,45-,46+,47+,48+,49+,50+,51-,52-,53-,54-,55-,56-/m1/s1. The highest BCUT2D eigenvalue weighted by atomic mass is 16.7. The van der Waals surface area contributed by atoms with E-state index in [2.05, 4.69) is 10.6 Å². The molecule has 15 atom stereocenters. The van der Waals surface area contributed by atoms with E-state index in [1.165, 1.54) is 0 Å². The van der Waals surface area contributed by atoms with Crippen molar-refractivity contribution in [2.75, 3.05) is 225 Å². The van der Waals surface area contributed by atoms with E-state index in [1.807, 2.05) is 0 Å². The second-order valence-electron chi connectivity index (χ2n) is 21.5. The lowest BCUT2D eigenvalue weighted by molar-refractivity contribution is -0.302. The number of carbonyl (C=O) groups excluding carboxylic acids is 2. The second-order valence-corrected chi connectivity index (χ2v) is 21.5. The van der Waals surface area contributed by atoms with Gasteiger partial charge in [0.2, 0.25) is 11.8 Å². The molecule has 0 saturated carbocycles. The van der Waals surface area contributed by atoms with Crippen molar-refractivity contribution in [3.63, 3.8) is 0 Å². The molecule has 0 radical (unpaired) electrons. The van der Waals surface area contributed by atoms with Gasteiger partial charge in [-0.25, -0.2) is 0 Å². The van der Waals surface area contributed by atoms with Crippen molar-refractivity contribution in [3.05, 3.63) is 0 Å². The Kier molecular flexibility index (Phi) is 49.8. The van der Waals surface area contributed by atoms with E-state index >= 15 is 0 Å². The monoisotopic (exact) mass is 1410 g/mol. The molecule has 0 aromatic carbocycles. The van der Waals surface area contributed by atoms with Crippen LogP contribution < -0.4 is 10.6 Å². The van der Waals surface area contributed by atoms with Crippen molar-refractivity contribution >= 4 is 17.8 Å². The number of aliphatic hydroxyl groups excluding tert-OH is 12. The lowest BCUT2D eigenvalue weighted by atomic mass is 9.99. The van der Waals surface area contributed by atoms with Gasteiger partial charge in [0.05, 0.1) is 205 Å². The highest BCUT2D eigenvalue weighted by Crippen LogP contribution is 2.24. The highest BCUT2D eigenvalue weighted by Gasteiger charge is 2.46. The molecule has 2 amide bonds. The van der Waals surface area contributed by atoms with Crippen LogP contribution in [0.15, 0.2) is 0 Å². The second kappa shape index (κ2) is 54.8. The summed E-state index contributed by atoms with van der Waals surface area (Å²) in [5, 5.41) is 132. The van der Waals surface area contributed by atoms with Crippen LogP contribution in [0.1, 0.15) is 25.7 Å². The summed E-state index contributed by atoms with van der Waals surface area (Å²) in [6.45, 7) is -0.171. The number of ether oxygens (including phenoxy) is 21. The third-order valence-corrected chi connectivity index (χ3v) is 14.0. The molecule has 566 valence electrons. The summed E-state index contributed by atoms with van der Waals surface area (Å²) in [6, 6.07) is 0. The number of rotatable bonds is 62. The Morgan fingerprint density at radius 2 is 0.583 bits per heavy atom. The molecular formula is C57H106N2O37. The third kappa shape index (κ3) is 37.7. The van der Waals surface area contributed by atoms with Crippen LogP contribution in [-0.2, 0) is 114 Å². The fraction of sp³-hybridized carbons (Fsp3) is 0.947. The lowest BCUT2D eigenvalue weighted by Crippen LogP contribution is -2.60. The van der Waals surface area contributed by atoms with Gasteiger partial charge < -0.3 is 176 Å². The molecule has 15 N–H and O–H groups in total. The number of hydrogen-bond acceptors (Lipinski definition) is 36. The zero-order valence-corrected chi connectivity index (χ0v) is 54.1. The molecule has 0 spiro atoms. The van der Waals surface area contributed by atoms with E-state index in [4.69, 9.17) is 105 Å². The van der Waals surface area contributed by atoms with Gasteiger partial charge in [0.25, 0.3) is 0 Å². The van der Waals surface area contributed by atoms with Crippen molar-refractivity contribution in [1.29, 1.82) is 0 Å². The Bertz CT molecular complexity index is 1750. The number of nitrogens with one attached hydrogen (secondary N) is 2. The van der Waals surface area contributed by atoms with E-state index in [-0.39, 0.29) is 224 Å². The van der Waals surface area contributed by atoms with Gasteiger partial charge in [-0.1, -0.05) is 0 Å². The van der Waals surface area contributed by atoms with Crippen molar-refractivity contribution in [3.8, 4) is 0 Å². The molecule has 3 aliphatic rings. The molecule has 3 rings (SSSR count). The van der Waals surface area contributed by atoms with Gasteiger partial charge in [0.1, 0.15) is 99.2 Å². The van der Waals surface area contributed by atoms with Crippen LogP contribution in [0.4, 0.5) is 0 Å². The van der Waals surface area contributed by atoms with Crippen molar-refractivity contribution in [2.24, 2.45) is 0 Å². The number of hydrogen-bond donors (Lipinski definition) is 15. The SMILES string of the molecule is O=C(O)CCCCC(=O)NCC(=O)NC(COCOCCOCCOCCOCCO[C@@H]1O[C@H](CO)[C@@H](O)[C@H](O)[C@H]1O)(COCOCCOCCOCCOCCO[C@@H]1O[C@H](CO)[C@H](O)[C@H](O)[C@H]1O)COCOCCOCCOCCOCCO[C@@H]1O[C@H](CO)[C@H](O)[C@H](O)[C@H]1O. The van der Waals surface area contributed by atoms with E-state index in [0.29, 0.717) is 0 Å². The minimum Gasteiger partial charge on any atom is -0.481 e. The lowest BCUT2D eigenvalue weighted by Gasteiger charge is -2.39. The average molecular weight is 1410 g/mol. The largest absolute Gasteiger partial charge is 0.481 e. The normalized spacial score (nSPS) is 26.3. The third-order valence-electron chi connectivity index (χ3n) is 14.0. The molecule has 3 heterocycles. The Hall–Kier alpha value is -2.91. The molecule has 0 aromatic rings. The zero-order valence-electron chi connectivity index (χ0n) is 54.1. The first-order chi connectivity index (χ1) is 46.5. The van der Waals surface area contributed by atoms with E-state index in [1.54, 1.807) is 0 Å². The van der Waals surface area contributed by atoms with Gasteiger partial charge in [0.15, 0.2) is 18.9 Å². The molecule has 3 fully saturated rings. The maximum absolute atomic E-state index is 13.5. The summed E-state index contributed by atoms with van der Waals surface area (Å²) in [4.78, 5) is 37.0. The average Bonchev–Trinajstić information content (AvgIpc) is 0.912. The first-order valence-electron chi connectivity index (χ1n) is 31.7. The van der Waals surface area contributed by atoms with Crippen LogP contribution in [0, 0.1) is 0 Å². The molecule has 0 aromatic heterocycles. The highest BCUT2D eigenvalue weighted by molar-refractivity contribution is 5.85. The number of carbonyl (C=O) groups is 3. The maximum atomic E-state index is 13.5. The molecule has 0 unspecified atom stereocenters. The van der Waals surface area contributed by atoms with Gasteiger partial charge in [0, 0.05) is 12.8 Å². The number of unbranched alkanes of at least 4 members (excludes halogenated alkanes) is 1. The Balaban J connectivity index is 1.40. The van der Waals surface area contributed by atoms with E-state index in [9.17, 15) is 75.7 Å². The van der Waals surface area contributed by atoms with E-state index in [0.717, 1.165) is 0 Å². The van der Waals surface area contributed by atoms with Gasteiger partial charge in [-0.15, -0.1) is 0 Å². The van der Waals surface area contributed by atoms with Gasteiger partial charge in [-0.3, -0.25) is 14.4 Å². The van der Waals surface area contributed by atoms with Crippen molar-refractivity contribution in [1.82, 2.24) is 10.6 Å². The molecule has 39 heteroatoms. The fourth-order valence-corrected chi connectivity index (χ4v) is 8.73. The van der Waals surface area contributed by atoms with Gasteiger partial charge in [-0.05, 0) is 12.8 Å². The Labute approximate surface area is 555 Å². The zero-order chi connectivity index (χ0) is 70.0. The van der Waals surface area contributed by atoms with Crippen LogP contribution >= 0.6 is 0 Å². The summed E-state index contributed by atoms with van der Waals surface area (Å²) in [7, 11) is 0. The first-order valence-corrected chi connectivity index (χ1v) is 31.7. The fourth-order valence-electron chi connectivity index (χ4n) is 8.73. The summed E-state index contributed by atoms with van der Waals surface area (Å²) in [5.74, 6) is -2.12. The quantitative estimate of drug-likeness (QED) is 0.0199.